The fourth-order valence-electron chi connectivity index (χ4n) is 1.27. The van der Waals surface area contributed by atoms with Crippen LogP contribution in [0.4, 0.5) is 17.6 Å². The molecule has 0 bridgehead atoms. The van der Waals surface area contributed by atoms with Crippen LogP contribution in [-0.4, -0.2) is 31.8 Å². The van der Waals surface area contributed by atoms with Crippen LogP contribution in [0.1, 0.15) is 17.3 Å². The lowest BCUT2D eigenvalue weighted by Crippen LogP contribution is -2.30. The van der Waals surface area contributed by atoms with Crippen LogP contribution in [0, 0.1) is 5.82 Å². The van der Waals surface area contributed by atoms with E-state index in [1.807, 2.05) is 0 Å². The Morgan fingerprint density at radius 1 is 1.37 bits per heavy atom. The van der Waals surface area contributed by atoms with Gasteiger partial charge in [0, 0.05) is 0 Å². The molecule has 0 aromatic heterocycles. The normalized spacial score (nSPS) is 13.2. The number of alkyl halides is 3. The van der Waals surface area contributed by atoms with E-state index in [0.717, 1.165) is 19.1 Å². The van der Waals surface area contributed by atoms with Crippen LogP contribution in [0.15, 0.2) is 18.2 Å². The second-order valence-corrected chi connectivity index (χ2v) is 3.76. The van der Waals surface area contributed by atoms with Gasteiger partial charge in [-0.05, 0) is 25.1 Å². The summed E-state index contributed by atoms with van der Waals surface area (Å²) in [5, 5.41) is 0. The Morgan fingerprint density at radius 2 is 2.00 bits per heavy atom. The largest absolute Gasteiger partial charge is 0.496 e. The fraction of sp³-hybridized carbons (Fsp3) is 0.417. The maximum atomic E-state index is 13.0. The number of methoxy groups -OCH3 is 1. The lowest BCUT2D eigenvalue weighted by atomic mass is 10.1. The Bertz CT molecular complexity index is 457. The SMILES string of the molecule is COc1ccc(F)cc1C(=O)COC(C)C(F)(F)F. The summed E-state index contributed by atoms with van der Waals surface area (Å²) in [6.45, 7) is -0.0173. The maximum absolute atomic E-state index is 13.0. The van der Waals surface area contributed by atoms with Crippen LogP contribution in [0.3, 0.4) is 0 Å². The molecule has 1 rings (SSSR count). The van der Waals surface area contributed by atoms with Crippen LogP contribution >= 0.6 is 0 Å². The average Bonchev–Trinajstić information content (AvgIpc) is 2.34. The summed E-state index contributed by atoms with van der Waals surface area (Å²) in [5.74, 6) is -1.39. The lowest BCUT2D eigenvalue weighted by molar-refractivity contribution is -0.210. The lowest BCUT2D eigenvalue weighted by Gasteiger charge is -2.16. The summed E-state index contributed by atoms with van der Waals surface area (Å²) in [6, 6.07) is 3.19. The number of carbonyl (C=O) groups is 1. The summed E-state index contributed by atoms with van der Waals surface area (Å²) >= 11 is 0. The number of halogens is 4. The van der Waals surface area contributed by atoms with Gasteiger partial charge in [0.15, 0.2) is 11.9 Å². The highest BCUT2D eigenvalue weighted by atomic mass is 19.4. The van der Waals surface area contributed by atoms with Crippen molar-refractivity contribution in [1.29, 1.82) is 0 Å². The summed E-state index contributed by atoms with van der Waals surface area (Å²) in [4.78, 5) is 11.7. The van der Waals surface area contributed by atoms with E-state index in [4.69, 9.17) is 4.74 Å². The zero-order valence-electron chi connectivity index (χ0n) is 10.3. The van der Waals surface area contributed by atoms with Crippen molar-refractivity contribution in [2.45, 2.75) is 19.2 Å². The van der Waals surface area contributed by atoms with Crippen LogP contribution < -0.4 is 4.74 Å². The van der Waals surface area contributed by atoms with E-state index >= 15 is 0 Å². The standard InChI is InChI=1S/C12H12F4O3/c1-7(12(14,15)16)19-6-10(17)9-5-8(13)3-4-11(9)18-2/h3-5,7H,6H2,1-2H3. The molecule has 1 unspecified atom stereocenters. The second kappa shape index (κ2) is 6.01. The van der Waals surface area contributed by atoms with E-state index in [9.17, 15) is 22.4 Å². The molecule has 0 aliphatic rings. The molecule has 0 amide bonds. The molecule has 0 aliphatic heterocycles. The quantitative estimate of drug-likeness (QED) is 0.614. The van der Waals surface area contributed by atoms with E-state index in [0.29, 0.717) is 0 Å². The minimum Gasteiger partial charge on any atom is -0.496 e. The maximum Gasteiger partial charge on any atom is 0.414 e. The number of Topliss-reactive ketones (excluding diaryl/α,β-unsaturated/α-hetero) is 1. The molecule has 7 heteroatoms. The first-order chi connectivity index (χ1) is 8.75. The fourth-order valence-corrected chi connectivity index (χ4v) is 1.27. The van der Waals surface area contributed by atoms with Crippen LogP contribution in [-0.2, 0) is 4.74 Å². The molecule has 19 heavy (non-hydrogen) atoms. The average molecular weight is 280 g/mol. The van der Waals surface area contributed by atoms with Gasteiger partial charge in [-0.3, -0.25) is 4.79 Å². The van der Waals surface area contributed by atoms with Gasteiger partial charge in [-0.2, -0.15) is 13.2 Å². The third-order valence-electron chi connectivity index (χ3n) is 2.39. The van der Waals surface area contributed by atoms with Gasteiger partial charge in [0.05, 0.1) is 12.7 Å². The number of benzene rings is 1. The van der Waals surface area contributed by atoms with Crippen molar-refractivity contribution in [3.05, 3.63) is 29.6 Å². The van der Waals surface area contributed by atoms with Crippen molar-refractivity contribution in [3.8, 4) is 5.75 Å². The van der Waals surface area contributed by atoms with E-state index in [1.54, 1.807) is 0 Å². The number of ether oxygens (including phenoxy) is 2. The van der Waals surface area contributed by atoms with Crippen molar-refractivity contribution in [1.82, 2.24) is 0 Å². The third-order valence-corrected chi connectivity index (χ3v) is 2.39. The smallest absolute Gasteiger partial charge is 0.414 e. The minimum absolute atomic E-state index is 0.0784. The molecule has 1 aromatic carbocycles. The number of ketones is 1. The third kappa shape index (κ3) is 4.20. The van der Waals surface area contributed by atoms with Crippen LogP contribution in [0.25, 0.3) is 0 Å². The molecule has 0 radical (unpaired) electrons. The minimum atomic E-state index is -4.55. The van der Waals surface area contributed by atoms with Crippen molar-refractivity contribution < 1.29 is 31.8 Å². The van der Waals surface area contributed by atoms with Crippen molar-refractivity contribution in [3.63, 3.8) is 0 Å². The molecule has 0 saturated heterocycles. The molecule has 0 aliphatic carbocycles. The molecule has 0 heterocycles. The molecule has 1 atom stereocenters. The molecule has 106 valence electrons. The number of hydrogen-bond acceptors (Lipinski definition) is 3. The highest BCUT2D eigenvalue weighted by molar-refractivity contribution is 5.99. The summed E-state index contributed by atoms with van der Waals surface area (Å²) in [7, 11) is 1.27. The van der Waals surface area contributed by atoms with E-state index in [2.05, 4.69) is 4.74 Å². The molecule has 0 fully saturated rings. The number of rotatable bonds is 5. The van der Waals surface area contributed by atoms with E-state index < -0.39 is 30.5 Å². The van der Waals surface area contributed by atoms with Gasteiger partial charge in [-0.15, -0.1) is 0 Å². The first kappa shape index (κ1) is 15.4. The van der Waals surface area contributed by atoms with E-state index in [-0.39, 0.29) is 11.3 Å². The predicted molar refractivity (Wildman–Crippen MR) is 58.8 cm³/mol. The van der Waals surface area contributed by atoms with Gasteiger partial charge in [-0.1, -0.05) is 0 Å². The summed E-state index contributed by atoms with van der Waals surface area (Å²) < 4.78 is 58.8. The zero-order chi connectivity index (χ0) is 14.6. The molecule has 3 nitrogen and oxygen atoms in total. The summed E-state index contributed by atoms with van der Waals surface area (Å²) in [6.07, 6.45) is -6.62. The Labute approximate surface area is 107 Å². The predicted octanol–water partition coefficient (Wildman–Crippen LogP) is 2.98. The Hall–Kier alpha value is -1.63. The number of hydrogen-bond donors (Lipinski definition) is 0. The summed E-state index contributed by atoms with van der Waals surface area (Å²) in [5.41, 5.74) is -0.156. The molecule has 0 N–H and O–H groups in total. The second-order valence-electron chi connectivity index (χ2n) is 3.76. The Kier molecular flexibility index (Phi) is 4.88. The van der Waals surface area contributed by atoms with Crippen molar-refractivity contribution >= 4 is 5.78 Å². The molecule has 1 aromatic rings. The topological polar surface area (TPSA) is 35.5 Å². The van der Waals surface area contributed by atoms with Gasteiger partial charge in [0.1, 0.15) is 18.2 Å². The van der Waals surface area contributed by atoms with Crippen molar-refractivity contribution in [2.24, 2.45) is 0 Å². The van der Waals surface area contributed by atoms with Gasteiger partial charge in [0.25, 0.3) is 0 Å². The number of carbonyl (C=O) groups excluding carboxylic acids is 1. The first-order valence-electron chi connectivity index (χ1n) is 5.30. The van der Waals surface area contributed by atoms with Crippen molar-refractivity contribution in [2.75, 3.05) is 13.7 Å². The molecule has 0 saturated carbocycles. The highest BCUT2D eigenvalue weighted by Crippen LogP contribution is 2.24. The van der Waals surface area contributed by atoms with Gasteiger partial charge in [-0.25, -0.2) is 4.39 Å². The van der Waals surface area contributed by atoms with E-state index in [1.165, 1.54) is 13.2 Å². The molecular weight excluding hydrogens is 268 g/mol. The first-order valence-corrected chi connectivity index (χ1v) is 5.30. The zero-order valence-corrected chi connectivity index (χ0v) is 10.3. The molecule has 0 spiro atoms. The Balaban J connectivity index is 2.76. The molecular formula is C12H12F4O3. The van der Waals surface area contributed by atoms with Gasteiger partial charge >= 0.3 is 6.18 Å². The van der Waals surface area contributed by atoms with Gasteiger partial charge in [0.2, 0.25) is 0 Å². The van der Waals surface area contributed by atoms with Crippen LogP contribution in [0.5, 0.6) is 5.75 Å². The Morgan fingerprint density at radius 3 is 2.53 bits per heavy atom. The van der Waals surface area contributed by atoms with Gasteiger partial charge < -0.3 is 9.47 Å². The van der Waals surface area contributed by atoms with Crippen LogP contribution in [0.2, 0.25) is 0 Å². The highest BCUT2D eigenvalue weighted by Gasteiger charge is 2.37. The monoisotopic (exact) mass is 280 g/mol.